The molecule has 1 unspecified atom stereocenters. The van der Waals surface area contributed by atoms with Gasteiger partial charge in [0.25, 0.3) is 0 Å². The maximum Gasteiger partial charge on any atom is 4.00 e. The third-order valence-electron chi connectivity index (χ3n) is 3.15. The van der Waals surface area contributed by atoms with Crippen LogP contribution in [0.1, 0.15) is 17.5 Å². The van der Waals surface area contributed by atoms with E-state index in [1.807, 2.05) is 61.6 Å². The van der Waals surface area contributed by atoms with Crippen LogP contribution < -0.4 is 24.8 Å². The van der Waals surface area contributed by atoms with Crippen LogP contribution in [0.25, 0.3) is 11.8 Å². The number of benzene rings is 1. The molecule has 1 atom stereocenters. The van der Waals surface area contributed by atoms with Crippen molar-refractivity contribution in [2.75, 3.05) is 0 Å². The molecule has 0 heterocycles. The third-order valence-corrected chi connectivity index (χ3v) is 3.15. The van der Waals surface area contributed by atoms with Crippen LogP contribution in [0.3, 0.4) is 0 Å². The van der Waals surface area contributed by atoms with Crippen molar-refractivity contribution in [2.45, 2.75) is 19.4 Å². The van der Waals surface area contributed by atoms with Crippen LogP contribution in [-0.4, -0.2) is 11.1 Å². The number of hydrogen-bond acceptors (Lipinski definition) is 1. The number of halogens is 2. The summed E-state index contributed by atoms with van der Waals surface area (Å²) in [7, 11) is 0. The van der Waals surface area contributed by atoms with Crippen molar-refractivity contribution in [2.24, 2.45) is 0 Å². The Balaban J connectivity index is 0. The Kier molecular flexibility index (Phi) is 14.0. The van der Waals surface area contributed by atoms with Gasteiger partial charge in [0.1, 0.15) is 5.75 Å². The Morgan fingerprint density at radius 2 is 1.96 bits per heavy atom. The van der Waals surface area contributed by atoms with Gasteiger partial charge < -0.3 is 35.7 Å². The fourth-order valence-electron chi connectivity index (χ4n) is 2.00. The van der Waals surface area contributed by atoms with E-state index in [2.05, 4.69) is 12.2 Å². The zero-order valence-electron chi connectivity index (χ0n) is 13.3. The first kappa shape index (κ1) is 25.2. The average molecular weight is 396 g/mol. The molecule has 24 heavy (non-hydrogen) atoms. The molecule has 0 fully saturated rings. The summed E-state index contributed by atoms with van der Waals surface area (Å²) in [4.78, 5) is 0. The molecule has 1 aromatic rings. The Morgan fingerprint density at radius 1 is 1.21 bits per heavy atom. The summed E-state index contributed by atoms with van der Waals surface area (Å²) < 4.78 is 0. The number of allylic oxidation sites excluding steroid dienone is 6. The van der Waals surface area contributed by atoms with Crippen LogP contribution in [0.5, 0.6) is 5.75 Å². The Morgan fingerprint density at radius 3 is 2.50 bits per heavy atom. The molecule has 0 aliphatic heterocycles. The van der Waals surface area contributed by atoms with Crippen molar-refractivity contribution in [1.82, 2.24) is 0 Å². The second-order valence-electron chi connectivity index (χ2n) is 4.93. The molecule has 0 aromatic heterocycles. The van der Waals surface area contributed by atoms with E-state index in [4.69, 9.17) is 5.73 Å². The zero-order valence-corrected chi connectivity index (χ0v) is 16.4. The van der Waals surface area contributed by atoms with E-state index in [1.165, 1.54) is 0 Å². The molecule has 2 N–H and O–H groups in total. The normalized spacial score (nSPS) is 18.1. The quantitative estimate of drug-likeness (QED) is 0.478. The Labute approximate surface area is 171 Å². The number of phenolic OH excluding ortho intramolecular Hbond substituents is 1. The van der Waals surface area contributed by atoms with Crippen LogP contribution in [0.2, 0.25) is 0 Å². The van der Waals surface area contributed by atoms with E-state index in [0.717, 1.165) is 23.1 Å². The molecule has 0 saturated heterocycles. The molecule has 0 bridgehead atoms. The smallest absolute Gasteiger partial charge is 1.00 e. The van der Waals surface area contributed by atoms with Gasteiger partial charge in [-0.3, -0.25) is 6.08 Å². The summed E-state index contributed by atoms with van der Waals surface area (Å²) >= 11 is 0. The van der Waals surface area contributed by atoms with Gasteiger partial charge in [0, 0.05) is 5.56 Å². The first-order chi connectivity index (χ1) is 10.2. The molecule has 0 saturated carbocycles. The number of rotatable bonds is 1. The van der Waals surface area contributed by atoms with E-state index in [-0.39, 0.29) is 58.3 Å². The molecule has 1 aromatic carbocycles. The van der Waals surface area contributed by atoms with E-state index in [9.17, 15) is 5.11 Å². The SMILES string of the molecule is Cc1ccc(O)c(C=C2C=CC=CC2[NH-])c1.[C-]1=CC=CC1.[Cl-].[Cl-].[Ti+4]. The van der Waals surface area contributed by atoms with Gasteiger partial charge in [-0.05, 0) is 25.1 Å². The van der Waals surface area contributed by atoms with Crippen LogP contribution >= 0.6 is 0 Å². The fourth-order valence-corrected chi connectivity index (χ4v) is 2.00. The molecule has 124 valence electrons. The molecule has 0 radical (unpaired) electrons. The Hall–Kier alpha value is -1.03. The van der Waals surface area contributed by atoms with Crippen molar-refractivity contribution >= 4 is 6.08 Å². The van der Waals surface area contributed by atoms with Gasteiger partial charge in [0.05, 0.1) is 0 Å². The largest absolute Gasteiger partial charge is 4.00 e. The molecule has 2 aliphatic rings. The molecule has 2 nitrogen and oxygen atoms in total. The van der Waals surface area contributed by atoms with Crippen molar-refractivity contribution in [1.29, 1.82) is 0 Å². The number of nitrogens with one attached hydrogen (secondary N) is 1. The third kappa shape index (κ3) is 8.19. The molecule has 0 spiro atoms. The number of aromatic hydroxyl groups is 1. The first-order valence-corrected chi connectivity index (χ1v) is 6.96. The van der Waals surface area contributed by atoms with E-state index >= 15 is 0 Å². The van der Waals surface area contributed by atoms with Crippen molar-refractivity contribution in [3.8, 4) is 5.75 Å². The minimum Gasteiger partial charge on any atom is -1.00 e. The van der Waals surface area contributed by atoms with Gasteiger partial charge in [0.2, 0.25) is 0 Å². The van der Waals surface area contributed by atoms with Gasteiger partial charge in [-0.2, -0.15) is 6.08 Å². The predicted octanol–water partition coefficient (Wildman–Crippen LogP) is -1.06. The number of hydrogen-bond donors (Lipinski definition) is 1. The molecular weight excluding hydrogens is 377 g/mol. The molecule has 2 aliphatic carbocycles. The zero-order chi connectivity index (χ0) is 15.1. The summed E-state index contributed by atoms with van der Waals surface area (Å²) in [5, 5.41) is 9.70. The fraction of sp³-hybridized carbons (Fsp3) is 0.158. The minimum absolute atomic E-state index is 0. The first-order valence-electron chi connectivity index (χ1n) is 6.96. The summed E-state index contributed by atoms with van der Waals surface area (Å²) in [6, 6.07) is 5.13. The van der Waals surface area contributed by atoms with Gasteiger partial charge in [-0.15, -0.1) is 6.42 Å². The minimum atomic E-state index is -0.343. The Bertz CT molecular complexity index is 639. The van der Waals surface area contributed by atoms with Crippen molar-refractivity contribution in [3.63, 3.8) is 0 Å². The second kappa shape index (κ2) is 13.3. The van der Waals surface area contributed by atoms with Crippen molar-refractivity contribution in [3.05, 3.63) is 89.2 Å². The van der Waals surface area contributed by atoms with E-state index in [0.29, 0.717) is 0 Å². The van der Waals surface area contributed by atoms with Crippen LogP contribution in [0.15, 0.2) is 66.3 Å². The summed E-state index contributed by atoms with van der Waals surface area (Å²) in [6.45, 7) is 1.98. The van der Waals surface area contributed by atoms with Gasteiger partial charge >= 0.3 is 21.7 Å². The molecular formula is C19H19Cl2NOTi. The van der Waals surface area contributed by atoms with Crippen LogP contribution in [-0.2, 0) is 21.7 Å². The molecule has 5 heteroatoms. The van der Waals surface area contributed by atoms with Crippen molar-refractivity contribution < 1.29 is 51.6 Å². The van der Waals surface area contributed by atoms with Crippen LogP contribution in [0, 0.1) is 13.0 Å². The average Bonchev–Trinajstić information content (AvgIpc) is 3.05. The summed E-state index contributed by atoms with van der Waals surface area (Å²) in [6.07, 6.45) is 19.4. The maximum absolute atomic E-state index is 9.70. The summed E-state index contributed by atoms with van der Waals surface area (Å²) in [5.41, 5.74) is 10.6. The van der Waals surface area contributed by atoms with Gasteiger partial charge in [-0.1, -0.05) is 47.5 Å². The molecule has 3 rings (SSSR count). The second-order valence-corrected chi connectivity index (χ2v) is 4.93. The standard InChI is InChI=1S/C14H14NO.C5H5.2ClH.Ti/c1-10-6-7-14(16)12(8-10)9-11-4-2-3-5-13(11)15;1-2-4-5-3-1;;;/h2-9,13,15-16H,1H3;1-3H,4H2;2*1H;/q2*-1;;;+4/p-2. The van der Waals surface area contributed by atoms with Gasteiger partial charge in [-0.25, -0.2) is 12.2 Å². The predicted molar refractivity (Wildman–Crippen MR) is 88.8 cm³/mol. The molecule has 0 amide bonds. The van der Waals surface area contributed by atoms with Gasteiger partial charge in [0.15, 0.2) is 0 Å². The van der Waals surface area contributed by atoms with E-state index < -0.39 is 0 Å². The number of aryl methyl sites for hydroxylation is 1. The topological polar surface area (TPSA) is 44.0 Å². The maximum atomic E-state index is 9.70. The monoisotopic (exact) mass is 395 g/mol. The van der Waals surface area contributed by atoms with Crippen LogP contribution in [0.4, 0.5) is 0 Å². The number of phenols is 1. The van der Waals surface area contributed by atoms with E-state index in [1.54, 1.807) is 6.07 Å². The summed E-state index contributed by atoms with van der Waals surface area (Å²) in [5.74, 6) is 0.258.